The minimum absolute atomic E-state index is 0.167. The second-order valence-electron chi connectivity index (χ2n) is 5.24. The van der Waals surface area contributed by atoms with Gasteiger partial charge in [0.05, 0.1) is 29.6 Å². The molecule has 0 aliphatic heterocycles. The van der Waals surface area contributed by atoms with Gasteiger partial charge in [-0.3, -0.25) is 9.20 Å². The summed E-state index contributed by atoms with van der Waals surface area (Å²) < 4.78 is 8.59. The first-order valence-electron chi connectivity index (χ1n) is 7.32. The fraction of sp³-hybridized carbons (Fsp3) is 0.118. The highest BCUT2D eigenvalue weighted by atomic mass is 35.5. The van der Waals surface area contributed by atoms with Crippen molar-refractivity contribution in [2.75, 3.05) is 7.11 Å². The van der Waals surface area contributed by atoms with Crippen LogP contribution in [0, 0.1) is 0 Å². The fourth-order valence-corrected chi connectivity index (χ4v) is 3.00. The first-order valence-corrected chi connectivity index (χ1v) is 7.86. The third-order valence-electron chi connectivity index (χ3n) is 3.92. The monoisotopic (exact) mass is 340 g/mol. The molecule has 0 bridgehead atoms. The van der Waals surface area contributed by atoms with Crippen LogP contribution in [-0.4, -0.2) is 26.3 Å². The van der Waals surface area contributed by atoms with Crippen molar-refractivity contribution in [2.24, 2.45) is 0 Å². The topological polar surface area (TPSA) is 61.4 Å². The van der Waals surface area contributed by atoms with E-state index in [4.69, 9.17) is 16.3 Å². The highest BCUT2D eigenvalue weighted by molar-refractivity contribution is 6.16. The summed E-state index contributed by atoms with van der Waals surface area (Å²) in [5.74, 6) is 1.85. The van der Waals surface area contributed by atoms with Crippen LogP contribution in [0.3, 0.4) is 0 Å². The van der Waals surface area contributed by atoms with Gasteiger partial charge in [0, 0.05) is 6.07 Å². The molecule has 0 aliphatic carbocycles. The smallest absolute Gasteiger partial charge is 0.267 e. The Balaban J connectivity index is 2.20. The Morgan fingerprint density at radius 2 is 1.96 bits per heavy atom. The van der Waals surface area contributed by atoms with Crippen molar-refractivity contribution in [3.8, 4) is 11.4 Å². The summed E-state index contributed by atoms with van der Waals surface area (Å²) in [6.07, 6.45) is 0. The van der Waals surface area contributed by atoms with Crippen molar-refractivity contribution in [2.45, 2.75) is 5.88 Å². The van der Waals surface area contributed by atoms with Gasteiger partial charge >= 0.3 is 0 Å². The van der Waals surface area contributed by atoms with Crippen LogP contribution in [0.2, 0.25) is 0 Å². The number of ether oxygens (including phenoxy) is 1. The molecule has 0 radical (unpaired) electrons. The maximum absolute atomic E-state index is 13.0. The SMILES string of the molecule is COc1cccc(-n2c(=O)c3ccccc3n3c(CCl)nnc23)c1. The van der Waals surface area contributed by atoms with Gasteiger partial charge in [-0.1, -0.05) is 18.2 Å². The standard InChI is InChI=1S/C17H13ClN4O2/c1-24-12-6-4-5-11(9-12)21-16(23)13-7-2-3-8-14(13)22-15(10-18)19-20-17(21)22/h2-9H,10H2,1H3. The average molecular weight is 341 g/mol. The van der Waals surface area contributed by atoms with Gasteiger partial charge in [0.25, 0.3) is 5.56 Å². The maximum atomic E-state index is 13.0. The number of benzene rings is 2. The molecular weight excluding hydrogens is 328 g/mol. The quantitative estimate of drug-likeness (QED) is 0.538. The summed E-state index contributed by atoms with van der Waals surface area (Å²) >= 11 is 6.00. The second kappa shape index (κ2) is 5.65. The van der Waals surface area contributed by atoms with Crippen molar-refractivity contribution < 1.29 is 4.74 Å². The number of nitrogens with zero attached hydrogens (tertiary/aromatic N) is 4. The molecule has 0 N–H and O–H groups in total. The zero-order valence-corrected chi connectivity index (χ0v) is 13.6. The molecule has 7 heteroatoms. The highest BCUT2D eigenvalue weighted by Gasteiger charge is 2.17. The number of para-hydroxylation sites is 1. The van der Waals surface area contributed by atoms with Gasteiger partial charge in [0.1, 0.15) is 5.75 Å². The number of methoxy groups -OCH3 is 1. The fourth-order valence-electron chi connectivity index (χ4n) is 2.83. The van der Waals surface area contributed by atoms with Crippen LogP contribution in [0.1, 0.15) is 5.82 Å². The van der Waals surface area contributed by atoms with E-state index in [0.717, 1.165) is 5.52 Å². The highest BCUT2D eigenvalue weighted by Crippen LogP contribution is 2.21. The normalized spacial score (nSPS) is 11.2. The summed E-state index contributed by atoms with van der Waals surface area (Å²) in [6, 6.07) is 14.6. The Labute approximate surface area is 141 Å². The molecule has 120 valence electrons. The Morgan fingerprint density at radius 1 is 1.12 bits per heavy atom. The number of aromatic nitrogens is 4. The van der Waals surface area contributed by atoms with Crippen molar-refractivity contribution >= 4 is 28.3 Å². The number of halogens is 1. The van der Waals surface area contributed by atoms with E-state index in [1.807, 2.05) is 40.8 Å². The molecule has 0 amide bonds. The maximum Gasteiger partial charge on any atom is 0.267 e. The predicted octanol–water partition coefficient (Wildman–Crippen LogP) is 2.78. The molecule has 0 spiro atoms. The van der Waals surface area contributed by atoms with E-state index < -0.39 is 0 Å². The molecular formula is C17H13ClN4O2. The molecule has 2 heterocycles. The van der Waals surface area contributed by atoms with Gasteiger partial charge < -0.3 is 4.74 Å². The lowest BCUT2D eigenvalue weighted by Crippen LogP contribution is -2.22. The summed E-state index contributed by atoms with van der Waals surface area (Å²) in [5.41, 5.74) is 1.22. The van der Waals surface area contributed by atoms with E-state index in [2.05, 4.69) is 10.2 Å². The van der Waals surface area contributed by atoms with E-state index in [-0.39, 0.29) is 11.4 Å². The lowest BCUT2D eigenvalue weighted by Gasteiger charge is -2.11. The number of hydrogen-bond acceptors (Lipinski definition) is 4. The van der Waals surface area contributed by atoms with E-state index >= 15 is 0 Å². The third-order valence-corrected chi connectivity index (χ3v) is 4.16. The number of rotatable bonds is 3. The second-order valence-corrected chi connectivity index (χ2v) is 5.51. The molecule has 4 rings (SSSR count). The molecule has 0 aliphatic rings. The Bertz CT molecular complexity index is 1120. The van der Waals surface area contributed by atoms with Crippen LogP contribution >= 0.6 is 11.6 Å². The molecule has 0 saturated carbocycles. The molecule has 24 heavy (non-hydrogen) atoms. The van der Waals surface area contributed by atoms with Crippen molar-refractivity contribution in [3.05, 3.63) is 64.7 Å². The van der Waals surface area contributed by atoms with Crippen LogP contribution in [0.15, 0.2) is 53.3 Å². The number of alkyl halides is 1. The summed E-state index contributed by atoms with van der Waals surface area (Å²) in [7, 11) is 1.58. The zero-order chi connectivity index (χ0) is 16.7. The van der Waals surface area contributed by atoms with Crippen molar-refractivity contribution in [1.29, 1.82) is 0 Å². The van der Waals surface area contributed by atoms with Gasteiger partial charge in [-0.15, -0.1) is 21.8 Å². The van der Waals surface area contributed by atoms with Gasteiger partial charge in [-0.25, -0.2) is 4.57 Å². The minimum Gasteiger partial charge on any atom is -0.497 e. The molecule has 0 atom stereocenters. The largest absolute Gasteiger partial charge is 0.497 e. The molecule has 0 unspecified atom stereocenters. The van der Waals surface area contributed by atoms with Crippen LogP contribution in [0.4, 0.5) is 0 Å². The molecule has 0 saturated heterocycles. The van der Waals surface area contributed by atoms with Crippen molar-refractivity contribution in [3.63, 3.8) is 0 Å². The van der Waals surface area contributed by atoms with Crippen LogP contribution in [0.25, 0.3) is 22.4 Å². The van der Waals surface area contributed by atoms with E-state index in [9.17, 15) is 4.79 Å². The van der Waals surface area contributed by atoms with Gasteiger partial charge in [-0.2, -0.15) is 0 Å². The zero-order valence-electron chi connectivity index (χ0n) is 12.8. The lowest BCUT2D eigenvalue weighted by atomic mass is 10.2. The van der Waals surface area contributed by atoms with E-state index in [0.29, 0.717) is 28.4 Å². The Hall–Kier alpha value is -2.86. The van der Waals surface area contributed by atoms with Crippen LogP contribution in [0.5, 0.6) is 5.75 Å². The number of hydrogen-bond donors (Lipinski definition) is 0. The summed E-state index contributed by atoms with van der Waals surface area (Å²) in [4.78, 5) is 13.0. The first kappa shape index (κ1) is 14.7. The minimum atomic E-state index is -0.167. The lowest BCUT2D eigenvalue weighted by molar-refractivity contribution is 0.414. The Kier molecular flexibility index (Phi) is 3.46. The predicted molar refractivity (Wildman–Crippen MR) is 92.2 cm³/mol. The van der Waals surface area contributed by atoms with E-state index in [1.165, 1.54) is 4.57 Å². The third kappa shape index (κ3) is 2.07. The van der Waals surface area contributed by atoms with Gasteiger partial charge in [0.2, 0.25) is 5.78 Å². The van der Waals surface area contributed by atoms with Crippen molar-refractivity contribution in [1.82, 2.24) is 19.2 Å². The van der Waals surface area contributed by atoms with Gasteiger partial charge in [0.15, 0.2) is 5.82 Å². The number of fused-ring (bicyclic) bond motifs is 3. The molecule has 2 aromatic heterocycles. The van der Waals surface area contributed by atoms with Crippen LogP contribution < -0.4 is 10.3 Å². The summed E-state index contributed by atoms with van der Waals surface area (Å²) in [6.45, 7) is 0. The van der Waals surface area contributed by atoms with Gasteiger partial charge in [-0.05, 0) is 24.3 Å². The molecule has 6 nitrogen and oxygen atoms in total. The van der Waals surface area contributed by atoms with E-state index in [1.54, 1.807) is 19.2 Å². The summed E-state index contributed by atoms with van der Waals surface area (Å²) in [5, 5.41) is 8.88. The first-order chi connectivity index (χ1) is 11.7. The Morgan fingerprint density at radius 3 is 2.75 bits per heavy atom. The average Bonchev–Trinajstić information content (AvgIpc) is 3.06. The van der Waals surface area contributed by atoms with Crippen LogP contribution in [-0.2, 0) is 5.88 Å². The molecule has 4 aromatic rings. The molecule has 2 aromatic carbocycles. The molecule has 0 fully saturated rings.